The molecule has 174 valence electrons. The number of benzene rings is 3. The lowest BCUT2D eigenvalue weighted by atomic mass is 10.00. The van der Waals surface area contributed by atoms with Crippen molar-refractivity contribution in [2.45, 2.75) is 13.3 Å². The summed E-state index contributed by atoms with van der Waals surface area (Å²) in [6.07, 6.45) is 0.149. The first-order valence-electron chi connectivity index (χ1n) is 11.2. The third kappa shape index (κ3) is 3.58. The molecule has 7 heteroatoms. The van der Waals surface area contributed by atoms with Crippen LogP contribution in [0.5, 0.6) is 5.75 Å². The van der Waals surface area contributed by atoms with Gasteiger partial charge in [0.25, 0.3) is 11.1 Å². The Morgan fingerprint density at radius 1 is 0.714 bits per heavy atom. The summed E-state index contributed by atoms with van der Waals surface area (Å²) in [4.78, 5) is 41.0. The molecule has 0 amide bonds. The van der Waals surface area contributed by atoms with E-state index in [9.17, 15) is 19.5 Å². The van der Waals surface area contributed by atoms with Crippen LogP contribution in [0.4, 0.5) is 0 Å². The van der Waals surface area contributed by atoms with Crippen molar-refractivity contribution in [1.82, 2.24) is 13.7 Å². The Hall–Kier alpha value is -4.65. The fourth-order valence-electron chi connectivity index (χ4n) is 4.45. The monoisotopic (exact) mass is 465 g/mol. The molecule has 3 aromatic carbocycles. The molecule has 0 aliphatic heterocycles. The maximum Gasteiger partial charge on any atom is 0.341 e. The van der Waals surface area contributed by atoms with E-state index in [2.05, 4.69) is 0 Å². The molecule has 5 rings (SSSR count). The van der Waals surface area contributed by atoms with Gasteiger partial charge in [0.2, 0.25) is 0 Å². The minimum atomic E-state index is -0.692. The van der Waals surface area contributed by atoms with Crippen molar-refractivity contribution < 1.29 is 5.11 Å². The minimum Gasteiger partial charge on any atom is -0.506 e. The third-order valence-corrected chi connectivity index (χ3v) is 6.30. The molecular formula is C28H23N3O4. The highest BCUT2D eigenvalue weighted by Gasteiger charge is 2.25. The van der Waals surface area contributed by atoms with Crippen molar-refractivity contribution in [3.63, 3.8) is 0 Å². The van der Waals surface area contributed by atoms with Crippen molar-refractivity contribution in [2.75, 3.05) is 0 Å². The first-order chi connectivity index (χ1) is 16.9. The molecule has 7 nitrogen and oxygen atoms in total. The maximum atomic E-state index is 13.8. The number of hydrogen-bond acceptors (Lipinski definition) is 4. The molecule has 35 heavy (non-hydrogen) atoms. The number of rotatable bonds is 4. The second-order valence-corrected chi connectivity index (χ2v) is 8.42. The quantitative estimate of drug-likeness (QED) is 0.441. The molecule has 0 aliphatic rings. The number of nitrogens with zero attached hydrogens (tertiary/aromatic N) is 3. The highest BCUT2D eigenvalue weighted by atomic mass is 16.3. The summed E-state index contributed by atoms with van der Waals surface area (Å²) >= 11 is 0. The van der Waals surface area contributed by atoms with Crippen molar-refractivity contribution in [2.24, 2.45) is 7.05 Å². The van der Waals surface area contributed by atoms with Crippen molar-refractivity contribution in [1.29, 1.82) is 0 Å². The average molecular weight is 466 g/mol. The number of para-hydroxylation sites is 2. The van der Waals surface area contributed by atoms with Crippen molar-refractivity contribution >= 4 is 11.0 Å². The molecular weight excluding hydrogens is 442 g/mol. The smallest absolute Gasteiger partial charge is 0.341 e. The summed E-state index contributed by atoms with van der Waals surface area (Å²) in [5, 5.41) is 11.3. The molecule has 0 spiro atoms. The summed E-state index contributed by atoms with van der Waals surface area (Å²) in [7, 11) is 1.51. The van der Waals surface area contributed by atoms with Gasteiger partial charge in [0.05, 0.1) is 16.9 Å². The Balaban J connectivity index is 1.96. The predicted octanol–water partition coefficient (Wildman–Crippen LogP) is 3.45. The van der Waals surface area contributed by atoms with Crippen LogP contribution in [0, 0.1) is 6.92 Å². The molecule has 2 aromatic heterocycles. The van der Waals surface area contributed by atoms with E-state index in [0.717, 1.165) is 15.7 Å². The Kier molecular flexibility index (Phi) is 5.45. The fraction of sp³-hybridized carbons (Fsp3) is 0.107. The van der Waals surface area contributed by atoms with E-state index in [1.807, 2.05) is 31.2 Å². The largest absolute Gasteiger partial charge is 0.506 e. The Morgan fingerprint density at radius 2 is 1.26 bits per heavy atom. The topological polar surface area (TPSA) is 86.2 Å². The summed E-state index contributed by atoms with van der Waals surface area (Å²) < 4.78 is 3.59. The van der Waals surface area contributed by atoms with Crippen LogP contribution in [0.25, 0.3) is 22.4 Å². The van der Waals surface area contributed by atoms with Gasteiger partial charge in [-0.1, -0.05) is 60.7 Å². The highest BCUT2D eigenvalue weighted by Crippen LogP contribution is 2.27. The number of aromatic nitrogens is 3. The molecule has 1 N–H and O–H groups in total. The molecule has 0 atom stereocenters. The van der Waals surface area contributed by atoms with Crippen LogP contribution in [-0.2, 0) is 13.5 Å². The van der Waals surface area contributed by atoms with Gasteiger partial charge in [-0.25, -0.2) is 13.9 Å². The second kappa shape index (κ2) is 8.61. The van der Waals surface area contributed by atoms with E-state index in [1.165, 1.54) is 16.2 Å². The normalized spacial score (nSPS) is 11.1. The summed E-state index contributed by atoms with van der Waals surface area (Å²) in [5.41, 5.74) is 0.987. The molecule has 0 aliphatic carbocycles. The maximum absolute atomic E-state index is 13.8. The summed E-state index contributed by atoms with van der Waals surface area (Å²) in [6.45, 7) is 1.92. The molecule has 0 fully saturated rings. The van der Waals surface area contributed by atoms with Gasteiger partial charge in [-0.2, -0.15) is 0 Å². The van der Waals surface area contributed by atoms with Gasteiger partial charge in [0.1, 0.15) is 16.8 Å². The van der Waals surface area contributed by atoms with E-state index in [1.54, 1.807) is 60.7 Å². The predicted molar refractivity (Wildman–Crippen MR) is 136 cm³/mol. The first-order valence-corrected chi connectivity index (χ1v) is 11.2. The molecule has 0 saturated carbocycles. The van der Waals surface area contributed by atoms with Gasteiger partial charge >= 0.3 is 5.69 Å². The summed E-state index contributed by atoms with van der Waals surface area (Å²) in [6, 6.07) is 24.8. The van der Waals surface area contributed by atoms with Gasteiger partial charge in [0, 0.05) is 13.5 Å². The van der Waals surface area contributed by atoms with Crippen molar-refractivity contribution in [3.05, 3.63) is 133 Å². The molecule has 0 saturated heterocycles. The molecule has 2 heterocycles. The van der Waals surface area contributed by atoms with Gasteiger partial charge < -0.3 is 5.11 Å². The fourth-order valence-corrected chi connectivity index (χ4v) is 4.45. The van der Waals surface area contributed by atoms with Gasteiger partial charge in [-0.3, -0.25) is 14.2 Å². The van der Waals surface area contributed by atoms with Crippen LogP contribution in [-0.4, -0.2) is 18.8 Å². The number of pyridine rings is 1. The lowest BCUT2D eigenvalue weighted by Gasteiger charge is -2.19. The third-order valence-electron chi connectivity index (χ3n) is 6.30. The highest BCUT2D eigenvalue weighted by molar-refractivity contribution is 5.84. The van der Waals surface area contributed by atoms with Gasteiger partial charge in [-0.05, 0) is 42.3 Å². The number of fused-ring (bicyclic) bond motifs is 1. The van der Waals surface area contributed by atoms with E-state index in [0.29, 0.717) is 11.4 Å². The van der Waals surface area contributed by atoms with Crippen LogP contribution >= 0.6 is 0 Å². The summed E-state index contributed by atoms with van der Waals surface area (Å²) in [5.74, 6) is -0.411. The average Bonchev–Trinajstić information content (AvgIpc) is 2.87. The SMILES string of the molecule is Cc1ccccc1Cc1c(O)c2c(=O)n(-c3ccccc3)c(=O)n(-c3ccccc3)c2n(C)c1=O. The molecule has 0 unspecified atom stereocenters. The molecule has 5 aromatic rings. The Bertz CT molecular complexity index is 1750. The first kappa shape index (κ1) is 22.2. The zero-order valence-corrected chi connectivity index (χ0v) is 19.3. The lowest BCUT2D eigenvalue weighted by molar-refractivity contribution is 0.471. The van der Waals surface area contributed by atoms with E-state index in [4.69, 9.17) is 0 Å². The van der Waals surface area contributed by atoms with E-state index < -0.39 is 22.6 Å². The van der Waals surface area contributed by atoms with Gasteiger partial charge in [0.15, 0.2) is 0 Å². The standard InChI is InChI=1S/C28H23N3O4/c1-18-11-9-10-12-19(18)17-22-24(32)23-25(29(2)26(22)33)30(20-13-5-3-6-14-20)28(35)31(27(23)34)21-15-7-4-8-16-21/h3-16,32H,17H2,1-2H3. The molecule has 0 bridgehead atoms. The number of aromatic hydroxyl groups is 1. The van der Waals surface area contributed by atoms with Crippen molar-refractivity contribution in [3.8, 4) is 17.1 Å². The van der Waals surface area contributed by atoms with Crippen LogP contribution in [0.1, 0.15) is 16.7 Å². The van der Waals surface area contributed by atoms with E-state index >= 15 is 0 Å². The number of aryl methyl sites for hydroxylation is 2. The lowest BCUT2D eigenvalue weighted by Crippen LogP contribution is -2.41. The second-order valence-electron chi connectivity index (χ2n) is 8.42. The Morgan fingerprint density at radius 3 is 1.86 bits per heavy atom. The van der Waals surface area contributed by atoms with Crippen LogP contribution < -0.4 is 16.8 Å². The van der Waals surface area contributed by atoms with Crippen LogP contribution in [0.2, 0.25) is 0 Å². The Labute approximate surface area is 200 Å². The van der Waals surface area contributed by atoms with Crippen LogP contribution in [0.15, 0.2) is 99.3 Å². The van der Waals surface area contributed by atoms with Crippen LogP contribution in [0.3, 0.4) is 0 Å². The zero-order chi connectivity index (χ0) is 24.7. The minimum absolute atomic E-state index is 0.0365. The van der Waals surface area contributed by atoms with E-state index in [-0.39, 0.29) is 23.0 Å². The number of hydrogen-bond donors (Lipinski definition) is 1. The molecule has 0 radical (unpaired) electrons. The zero-order valence-electron chi connectivity index (χ0n) is 19.3. The van der Waals surface area contributed by atoms with Gasteiger partial charge in [-0.15, -0.1) is 0 Å².